The van der Waals surface area contributed by atoms with E-state index in [1.165, 1.54) is 42.2 Å². The van der Waals surface area contributed by atoms with Gasteiger partial charge in [0.2, 0.25) is 0 Å². The Bertz CT molecular complexity index is 1040. The van der Waals surface area contributed by atoms with Gasteiger partial charge in [0.1, 0.15) is 5.69 Å². The minimum atomic E-state index is -0.342. The Morgan fingerprint density at radius 2 is 1.52 bits per heavy atom. The lowest BCUT2D eigenvalue weighted by Gasteiger charge is -2.42. The second kappa shape index (κ2) is 5.98. The third kappa shape index (κ3) is 2.95. The quantitative estimate of drug-likeness (QED) is 0.571. The summed E-state index contributed by atoms with van der Waals surface area (Å²) in [7, 11) is 1.40. The summed E-state index contributed by atoms with van der Waals surface area (Å²) >= 11 is 0. The highest BCUT2D eigenvalue weighted by atomic mass is 16.5. The van der Waals surface area contributed by atoms with Crippen LogP contribution in [0.15, 0.2) is 42.5 Å². The van der Waals surface area contributed by atoms with Gasteiger partial charge in [-0.2, -0.15) is 0 Å². The van der Waals surface area contributed by atoms with Crippen LogP contribution < -0.4 is 0 Å². The Morgan fingerprint density at radius 3 is 2.22 bits per heavy atom. The first-order valence-electron chi connectivity index (χ1n) is 9.58. The van der Waals surface area contributed by atoms with E-state index in [9.17, 15) is 4.79 Å². The van der Waals surface area contributed by atoms with Gasteiger partial charge in [-0.05, 0) is 64.1 Å². The van der Waals surface area contributed by atoms with E-state index in [-0.39, 0.29) is 16.8 Å². The molecule has 0 spiro atoms. The first-order valence-corrected chi connectivity index (χ1v) is 9.58. The Kier molecular flexibility index (Phi) is 3.95. The fourth-order valence-corrected chi connectivity index (χ4v) is 4.30. The number of carbonyl (C=O) groups is 1. The van der Waals surface area contributed by atoms with E-state index in [0.29, 0.717) is 5.69 Å². The summed E-state index contributed by atoms with van der Waals surface area (Å²) in [6, 6.07) is 15.1. The zero-order valence-electron chi connectivity index (χ0n) is 16.8. The van der Waals surface area contributed by atoms with Crippen LogP contribution in [0.25, 0.3) is 22.0 Å². The van der Waals surface area contributed by atoms with Gasteiger partial charge in [-0.3, -0.25) is 0 Å². The molecule has 0 atom stereocenters. The van der Waals surface area contributed by atoms with Crippen molar-refractivity contribution in [3.05, 3.63) is 59.3 Å². The molecular weight excluding hydrogens is 334 g/mol. The van der Waals surface area contributed by atoms with Crippen molar-refractivity contribution in [2.24, 2.45) is 0 Å². The van der Waals surface area contributed by atoms with Gasteiger partial charge in [0.05, 0.1) is 7.11 Å². The van der Waals surface area contributed by atoms with Crippen LogP contribution in [0, 0.1) is 0 Å². The van der Waals surface area contributed by atoms with Gasteiger partial charge in [-0.15, -0.1) is 0 Å². The number of benzene rings is 2. The van der Waals surface area contributed by atoms with E-state index in [1.807, 2.05) is 12.1 Å². The molecule has 3 nitrogen and oxygen atoms in total. The number of hydrogen-bond acceptors (Lipinski definition) is 2. The fraction of sp³-hybridized carbons (Fsp3) is 0.375. The maximum atomic E-state index is 11.8. The highest BCUT2D eigenvalue weighted by molar-refractivity contribution is 5.96. The third-order valence-corrected chi connectivity index (χ3v) is 6.21. The average molecular weight is 361 g/mol. The van der Waals surface area contributed by atoms with Crippen LogP contribution in [0.3, 0.4) is 0 Å². The lowest BCUT2D eigenvalue weighted by molar-refractivity contribution is 0.0595. The van der Waals surface area contributed by atoms with Crippen molar-refractivity contribution >= 4 is 16.9 Å². The van der Waals surface area contributed by atoms with Gasteiger partial charge in [-0.1, -0.05) is 52.0 Å². The lowest BCUT2D eigenvalue weighted by Crippen LogP contribution is -2.33. The number of methoxy groups -OCH3 is 1. The van der Waals surface area contributed by atoms with Gasteiger partial charge in [0.25, 0.3) is 0 Å². The number of hydrogen-bond donors (Lipinski definition) is 1. The fourth-order valence-electron chi connectivity index (χ4n) is 4.30. The molecule has 0 unspecified atom stereocenters. The van der Waals surface area contributed by atoms with Gasteiger partial charge in [0, 0.05) is 10.9 Å². The summed E-state index contributed by atoms with van der Waals surface area (Å²) in [4.78, 5) is 14.9. The van der Waals surface area contributed by atoms with E-state index >= 15 is 0 Å². The number of esters is 1. The molecule has 1 aliphatic rings. The Hall–Kier alpha value is -2.55. The molecule has 3 aromatic rings. The molecule has 1 aliphatic carbocycles. The van der Waals surface area contributed by atoms with Gasteiger partial charge in [-0.25, -0.2) is 4.79 Å². The molecule has 27 heavy (non-hydrogen) atoms. The van der Waals surface area contributed by atoms with E-state index in [2.05, 4.69) is 63.0 Å². The summed E-state index contributed by atoms with van der Waals surface area (Å²) in [5.74, 6) is -0.342. The smallest absolute Gasteiger partial charge is 0.354 e. The van der Waals surface area contributed by atoms with Gasteiger partial charge >= 0.3 is 5.97 Å². The van der Waals surface area contributed by atoms with Crippen molar-refractivity contribution in [2.75, 3.05) is 7.11 Å². The molecule has 1 heterocycles. The third-order valence-electron chi connectivity index (χ3n) is 6.21. The number of H-pyrrole nitrogens is 1. The lowest BCUT2D eigenvalue weighted by atomic mass is 9.63. The van der Waals surface area contributed by atoms with E-state index in [1.54, 1.807) is 0 Å². The Labute approximate surface area is 160 Å². The molecule has 0 bridgehead atoms. The minimum absolute atomic E-state index is 0.192. The van der Waals surface area contributed by atoms with Crippen molar-refractivity contribution in [3.8, 4) is 11.1 Å². The van der Waals surface area contributed by atoms with Crippen molar-refractivity contribution in [1.29, 1.82) is 0 Å². The summed E-state index contributed by atoms with van der Waals surface area (Å²) in [6.45, 7) is 9.40. The highest BCUT2D eigenvalue weighted by Gasteiger charge is 2.36. The van der Waals surface area contributed by atoms with Crippen LogP contribution in [0.2, 0.25) is 0 Å². The van der Waals surface area contributed by atoms with Crippen LogP contribution in [-0.2, 0) is 15.6 Å². The molecule has 0 amide bonds. The summed E-state index contributed by atoms with van der Waals surface area (Å²) in [6.07, 6.45) is 2.42. The standard InChI is InChI=1S/C24H27NO2/c1-23(2)10-11-24(3,4)19-13-16(6-8-18(19)23)15-7-9-20-17(12-15)14-21(25-20)22(26)27-5/h6-9,12-14,25H,10-11H2,1-5H3. The molecule has 0 aliphatic heterocycles. The summed E-state index contributed by atoms with van der Waals surface area (Å²) < 4.78 is 4.82. The number of fused-ring (bicyclic) bond motifs is 2. The predicted molar refractivity (Wildman–Crippen MR) is 110 cm³/mol. The molecule has 4 rings (SSSR count). The molecular formula is C24H27NO2. The highest BCUT2D eigenvalue weighted by Crippen LogP contribution is 2.46. The van der Waals surface area contributed by atoms with E-state index < -0.39 is 0 Å². The van der Waals surface area contributed by atoms with Crippen LogP contribution >= 0.6 is 0 Å². The minimum Gasteiger partial charge on any atom is -0.464 e. The number of aromatic nitrogens is 1. The number of ether oxygens (including phenoxy) is 1. The van der Waals surface area contributed by atoms with Crippen LogP contribution in [-0.4, -0.2) is 18.1 Å². The molecule has 1 N–H and O–H groups in total. The number of carbonyl (C=O) groups excluding carboxylic acids is 1. The number of rotatable bonds is 2. The SMILES string of the molecule is COC(=O)c1cc2cc(-c3ccc4c(c3)C(C)(C)CCC4(C)C)ccc2[nH]1. The molecule has 140 valence electrons. The van der Waals surface area contributed by atoms with Crippen LogP contribution in [0.4, 0.5) is 0 Å². The van der Waals surface area contributed by atoms with Crippen molar-refractivity contribution in [1.82, 2.24) is 4.98 Å². The first-order chi connectivity index (χ1) is 12.7. The molecule has 2 aromatic carbocycles. The first kappa shape index (κ1) is 17.8. The molecule has 1 aromatic heterocycles. The zero-order chi connectivity index (χ0) is 19.4. The maximum Gasteiger partial charge on any atom is 0.354 e. The molecule has 0 fully saturated rings. The van der Waals surface area contributed by atoms with Gasteiger partial charge in [0.15, 0.2) is 0 Å². The maximum absolute atomic E-state index is 11.8. The normalized spacial score (nSPS) is 17.5. The predicted octanol–water partition coefficient (Wildman–Crippen LogP) is 5.97. The topological polar surface area (TPSA) is 42.1 Å². The molecule has 0 saturated heterocycles. The van der Waals surface area contributed by atoms with Crippen molar-refractivity contribution < 1.29 is 9.53 Å². The molecule has 0 saturated carbocycles. The summed E-state index contributed by atoms with van der Waals surface area (Å²) in [5, 5.41) is 1.02. The van der Waals surface area contributed by atoms with E-state index in [4.69, 9.17) is 4.74 Å². The molecule has 0 radical (unpaired) electrons. The number of nitrogens with one attached hydrogen (secondary N) is 1. The summed E-state index contributed by atoms with van der Waals surface area (Å²) in [5.41, 5.74) is 7.16. The molecule has 3 heteroatoms. The van der Waals surface area contributed by atoms with Crippen LogP contribution in [0.1, 0.15) is 62.2 Å². The van der Waals surface area contributed by atoms with Gasteiger partial charge < -0.3 is 9.72 Å². The number of aromatic amines is 1. The Morgan fingerprint density at radius 1 is 0.889 bits per heavy atom. The second-order valence-electron chi connectivity index (χ2n) is 9.00. The second-order valence-corrected chi connectivity index (χ2v) is 9.00. The monoisotopic (exact) mass is 361 g/mol. The van der Waals surface area contributed by atoms with Crippen LogP contribution in [0.5, 0.6) is 0 Å². The van der Waals surface area contributed by atoms with E-state index in [0.717, 1.165) is 10.9 Å². The average Bonchev–Trinajstić information content (AvgIpc) is 3.08. The Balaban J connectivity index is 1.81. The zero-order valence-corrected chi connectivity index (χ0v) is 16.8. The van der Waals surface area contributed by atoms with Crippen molar-refractivity contribution in [2.45, 2.75) is 51.4 Å². The van der Waals surface area contributed by atoms with Crippen molar-refractivity contribution in [3.63, 3.8) is 0 Å². The largest absolute Gasteiger partial charge is 0.464 e.